The van der Waals surface area contributed by atoms with Gasteiger partial charge in [0, 0.05) is 30.4 Å². The SMILES string of the molecule is O=C(Nc1ccc(F)nc1)N1CCC[C@@H]1c1nc(Nc2cc(C3CC3)[nH]n2)n2cccc2n1. The van der Waals surface area contributed by atoms with Gasteiger partial charge in [0.2, 0.25) is 11.9 Å². The van der Waals surface area contributed by atoms with Crippen molar-refractivity contribution in [3.05, 3.63) is 60.2 Å². The number of likely N-dealkylation sites (tertiary alicyclic amines) is 1. The Morgan fingerprint density at radius 2 is 2.09 bits per heavy atom. The third kappa shape index (κ3) is 3.86. The predicted molar refractivity (Wildman–Crippen MR) is 119 cm³/mol. The molecule has 0 bridgehead atoms. The summed E-state index contributed by atoms with van der Waals surface area (Å²) in [6.07, 6.45) is 7.14. The van der Waals surface area contributed by atoms with E-state index in [0.29, 0.717) is 35.7 Å². The second-order valence-corrected chi connectivity index (χ2v) is 8.40. The van der Waals surface area contributed by atoms with E-state index in [2.05, 4.69) is 25.8 Å². The van der Waals surface area contributed by atoms with Gasteiger partial charge in [0.1, 0.15) is 5.65 Å². The molecule has 11 heteroatoms. The van der Waals surface area contributed by atoms with Crippen LogP contribution < -0.4 is 10.6 Å². The molecule has 2 fully saturated rings. The van der Waals surface area contributed by atoms with Crippen LogP contribution in [-0.2, 0) is 0 Å². The van der Waals surface area contributed by atoms with Crippen LogP contribution in [0, 0.1) is 5.95 Å². The zero-order valence-corrected chi connectivity index (χ0v) is 17.7. The fourth-order valence-electron chi connectivity index (χ4n) is 4.23. The molecule has 10 nitrogen and oxygen atoms in total. The van der Waals surface area contributed by atoms with Gasteiger partial charge in [-0.25, -0.2) is 14.8 Å². The van der Waals surface area contributed by atoms with Gasteiger partial charge < -0.3 is 15.5 Å². The van der Waals surface area contributed by atoms with Crippen molar-refractivity contribution in [2.45, 2.75) is 37.6 Å². The molecule has 2 aliphatic rings. The minimum absolute atomic E-state index is 0.278. The fourth-order valence-corrected chi connectivity index (χ4v) is 4.23. The molecule has 1 aliphatic carbocycles. The van der Waals surface area contributed by atoms with E-state index in [9.17, 15) is 9.18 Å². The van der Waals surface area contributed by atoms with E-state index in [1.54, 1.807) is 4.90 Å². The molecule has 0 unspecified atom stereocenters. The van der Waals surface area contributed by atoms with Crippen molar-refractivity contribution in [2.24, 2.45) is 0 Å². The van der Waals surface area contributed by atoms with Gasteiger partial charge in [-0.3, -0.25) is 9.50 Å². The van der Waals surface area contributed by atoms with Crippen molar-refractivity contribution < 1.29 is 9.18 Å². The topological polar surface area (TPSA) is 116 Å². The lowest BCUT2D eigenvalue weighted by atomic mass is 10.2. The lowest BCUT2D eigenvalue weighted by Gasteiger charge is -2.24. The van der Waals surface area contributed by atoms with E-state index in [1.807, 2.05) is 28.8 Å². The highest BCUT2D eigenvalue weighted by Gasteiger charge is 2.33. The molecule has 0 radical (unpaired) electrons. The van der Waals surface area contributed by atoms with E-state index in [0.717, 1.165) is 24.2 Å². The molecule has 6 rings (SSSR count). The molecule has 4 aromatic rings. The molecule has 2 amide bonds. The van der Waals surface area contributed by atoms with Crippen molar-refractivity contribution in [3.63, 3.8) is 0 Å². The first-order chi connectivity index (χ1) is 16.1. The van der Waals surface area contributed by atoms with Gasteiger partial charge in [0.25, 0.3) is 0 Å². The maximum absolute atomic E-state index is 13.1. The molecule has 1 saturated carbocycles. The van der Waals surface area contributed by atoms with Crippen molar-refractivity contribution in [2.75, 3.05) is 17.2 Å². The lowest BCUT2D eigenvalue weighted by Crippen LogP contribution is -2.35. The smallest absolute Gasteiger partial charge is 0.314 e. The van der Waals surface area contributed by atoms with Crippen LogP contribution in [0.5, 0.6) is 0 Å². The average Bonchev–Trinajstić information content (AvgIpc) is 3.20. The van der Waals surface area contributed by atoms with Crippen LogP contribution in [0.25, 0.3) is 5.65 Å². The number of pyridine rings is 1. The minimum atomic E-state index is -0.595. The zero-order chi connectivity index (χ0) is 22.4. The number of aromatic amines is 1. The number of H-pyrrole nitrogens is 1. The largest absolute Gasteiger partial charge is 0.322 e. The normalized spacial score (nSPS) is 18.1. The summed E-state index contributed by atoms with van der Waals surface area (Å²) in [5, 5.41) is 13.5. The number of amides is 2. The highest BCUT2D eigenvalue weighted by molar-refractivity contribution is 5.89. The number of hydrogen-bond donors (Lipinski definition) is 3. The molecule has 0 aromatic carbocycles. The summed E-state index contributed by atoms with van der Waals surface area (Å²) >= 11 is 0. The van der Waals surface area contributed by atoms with E-state index < -0.39 is 5.95 Å². The number of carbonyl (C=O) groups excluding carboxylic acids is 1. The Balaban J connectivity index is 1.27. The number of urea groups is 1. The molecular formula is C22H22FN9O. The monoisotopic (exact) mass is 447 g/mol. The van der Waals surface area contributed by atoms with Crippen molar-refractivity contribution in [3.8, 4) is 0 Å². The van der Waals surface area contributed by atoms with Gasteiger partial charge in [0.15, 0.2) is 11.6 Å². The fraction of sp³-hybridized carbons (Fsp3) is 0.318. The number of carbonyl (C=O) groups is 1. The number of nitrogens with one attached hydrogen (secondary N) is 3. The molecule has 4 aromatic heterocycles. The van der Waals surface area contributed by atoms with Crippen LogP contribution in [0.15, 0.2) is 42.7 Å². The third-order valence-corrected chi connectivity index (χ3v) is 6.05. The van der Waals surface area contributed by atoms with Gasteiger partial charge in [-0.15, -0.1) is 0 Å². The third-order valence-electron chi connectivity index (χ3n) is 6.05. The Morgan fingerprint density at radius 1 is 1.18 bits per heavy atom. The van der Waals surface area contributed by atoms with Crippen molar-refractivity contribution in [1.82, 2.24) is 34.4 Å². The summed E-state index contributed by atoms with van der Waals surface area (Å²) in [7, 11) is 0. The minimum Gasteiger partial charge on any atom is -0.314 e. The van der Waals surface area contributed by atoms with Crippen LogP contribution in [0.3, 0.4) is 0 Å². The highest BCUT2D eigenvalue weighted by atomic mass is 19.1. The Kier molecular flexibility index (Phi) is 4.67. The van der Waals surface area contributed by atoms with Crippen LogP contribution in [-0.4, -0.2) is 47.0 Å². The van der Waals surface area contributed by atoms with Crippen LogP contribution in [0.4, 0.5) is 26.6 Å². The number of hydrogen-bond acceptors (Lipinski definition) is 6. The molecule has 3 N–H and O–H groups in total. The molecule has 1 saturated heterocycles. The van der Waals surface area contributed by atoms with Gasteiger partial charge in [-0.1, -0.05) is 0 Å². The summed E-state index contributed by atoms with van der Waals surface area (Å²) < 4.78 is 14.9. The van der Waals surface area contributed by atoms with E-state index in [-0.39, 0.29) is 12.1 Å². The second kappa shape index (κ2) is 7.84. The first-order valence-corrected chi connectivity index (χ1v) is 11.0. The van der Waals surface area contributed by atoms with Crippen LogP contribution in [0.1, 0.15) is 49.2 Å². The average molecular weight is 447 g/mol. The van der Waals surface area contributed by atoms with Gasteiger partial charge in [-0.2, -0.15) is 14.5 Å². The van der Waals surface area contributed by atoms with Gasteiger partial charge in [0.05, 0.1) is 17.9 Å². The zero-order valence-electron chi connectivity index (χ0n) is 17.7. The first kappa shape index (κ1) is 19.6. The highest BCUT2D eigenvalue weighted by Crippen LogP contribution is 2.39. The Hall–Kier alpha value is -4.02. The van der Waals surface area contributed by atoms with Gasteiger partial charge >= 0.3 is 6.03 Å². The molecule has 5 heterocycles. The summed E-state index contributed by atoms with van der Waals surface area (Å²) in [5.74, 6) is 1.82. The van der Waals surface area contributed by atoms with Crippen LogP contribution >= 0.6 is 0 Å². The second-order valence-electron chi connectivity index (χ2n) is 8.40. The number of halogens is 1. The number of anilines is 3. The summed E-state index contributed by atoms with van der Waals surface area (Å²) in [4.78, 5) is 27.7. The summed E-state index contributed by atoms with van der Waals surface area (Å²) in [6, 6.07) is 7.94. The summed E-state index contributed by atoms with van der Waals surface area (Å²) in [6.45, 7) is 0.577. The first-order valence-electron chi connectivity index (χ1n) is 11.0. The Labute approximate surface area is 188 Å². The van der Waals surface area contributed by atoms with E-state index in [4.69, 9.17) is 9.97 Å². The Bertz CT molecular complexity index is 1310. The quantitative estimate of drug-likeness (QED) is 0.399. The number of aromatic nitrogens is 6. The molecule has 33 heavy (non-hydrogen) atoms. The number of rotatable bonds is 5. The number of nitrogens with zero attached hydrogens (tertiary/aromatic N) is 6. The number of fused-ring (bicyclic) bond motifs is 1. The maximum Gasteiger partial charge on any atom is 0.322 e. The Morgan fingerprint density at radius 3 is 2.91 bits per heavy atom. The van der Waals surface area contributed by atoms with Crippen molar-refractivity contribution >= 4 is 29.1 Å². The van der Waals surface area contributed by atoms with Gasteiger partial charge in [-0.05, 0) is 49.9 Å². The molecule has 0 spiro atoms. The van der Waals surface area contributed by atoms with E-state index >= 15 is 0 Å². The standard InChI is InChI=1S/C22H22FN9O/c23-17-8-7-14(12-24-17)25-22(33)31-9-1-3-16(31)20-27-19-4-2-10-32(19)21(28-20)26-18-11-15(29-30-18)13-5-6-13/h2,4,7-8,10-13,16H,1,3,5-6,9H2,(H,25,33)(H2,26,27,28,29,30)/t16-/m1/s1. The summed E-state index contributed by atoms with van der Waals surface area (Å²) in [5.41, 5.74) is 2.29. The predicted octanol–water partition coefficient (Wildman–Crippen LogP) is 3.98. The van der Waals surface area contributed by atoms with Crippen LogP contribution in [0.2, 0.25) is 0 Å². The van der Waals surface area contributed by atoms with Crippen molar-refractivity contribution in [1.29, 1.82) is 0 Å². The maximum atomic E-state index is 13.1. The molecular weight excluding hydrogens is 425 g/mol. The van der Waals surface area contributed by atoms with E-state index in [1.165, 1.54) is 31.2 Å². The molecule has 168 valence electrons. The molecule has 1 atom stereocenters. The molecule has 1 aliphatic heterocycles. The lowest BCUT2D eigenvalue weighted by molar-refractivity contribution is 0.205.